The van der Waals surface area contributed by atoms with E-state index < -0.39 is 33.4 Å². The van der Waals surface area contributed by atoms with Crippen LogP contribution in [0, 0.1) is 16.7 Å². The van der Waals surface area contributed by atoms with Crippen molar-refractivity contribution in [2.45, 2.75) is 51.2 Å². The summed E-state index contributed by atoms with van der Waals surface area (Å²) in [6.07, 6.45) is -1.19. The second kappa shape index (κ2) is 9.04. The van der Waals surface area contributed by atoms with Crippen molar-refractivity contribution in [2.75, 3.05) is 43.4 Å². The molecule has 0 aliphatic carbocycles. The van der Waals surface area contributed by atoms with Gasteiger partial charge < -0.3 is 9.80 Å². The number of benzene rings is 1. The van der Waals surface area contributed by atoms with Crippen molar-refractivity contribution >= 4 is 21.6 Å². The number of anilines is 1. The van der Waals surface area contributed by atoms with Crippen LogP contribution in [0.5, 0.6) is 0 Å². The third-order valence-electron chi connectivity index (χ3n) is 7.51. The molecule has 3 aliphatic rings. The van der Waals surface area contributed by atoms with Crippen LogP contribution in [0.1, 0.15) is 50.2 Å². The van der Waals surface area contributed by atoms with Gasteiger partial charge in [0.05, 0.1) is 22.9 Å². The van der Waals surface area contributed by atoms with Crippen LogP contribution >= 0.6 is 0 Å². The average Bonchev–Trinajstić information content (AvgIpc) is 3.47. The molecule has 1 atom stereocenters. The van der Waals surface area contributed by atoms with Gasteiger partial charge in [-0.2, -0.15) is 22.7 Å². The zero-order valence-electron chi connectivity index (χ0n) is 19.1. The molecule has 0 aromatic heterocycles. The van der Waals surface area contributed by atoms with E-state index in [0.717, 1.165) is 18.9 Å². The molecule has 3 heterocycles. The fourth-order valence-corrected chi connectivity index (χ4v) is 6.85. The van der Waals surface area contributed by atoms with Crippen molar-refractivity contribution in [3.8, 4) is 6.07 Å². The van der Waals surface area contributed by atoms with Crippen LogP contribution in [-0.4, -0.2) is 68.0 Å². The summed E-state index contributed by atoms with van der Waals surface area (Å²) in [6.45, 7) is 4.04. The molecule has 3 fully saturated rings. The average molecular weight is 499 g/mol. The Morgan fingerprint density at radius 3 is 2.38 bits per heavy atom. The fourth-order valence-electron chi connectivity index (χ4n) is 5.50. The first kappa shape index (κ1) is 24.8. The van der Waals surface area contributed by atoms with Gasteiger partial charge in [0.2, 0.25) is 15.9 Å². The van der Waals surface area contributed by atoms with E-state index in [9.17, 15) is 26.4 Å². The quantitative estimate of drug-likeness (QED) is 0.637. The molecule has 4 rings (SSSR count). The number of hydrogen-bond acceptors (Lipinski definition) is 5. The van der Waals surface area contributed by atoms with Gasteiger partial charge in [-0.15, -0.1) is 0 Å². The van der Waals surface area contributed by atoms with Gasteiger partial charge in [0.25, 0.3) is 0 Å². The molecule has 1 unspecified atom stereocenters. The Labute approximate surface area is 198 Å². The lowest BCUT2D eigenvalue weighted by molar-refractivity contribution is -0.137. The largest absolute Gasteiger partial charge is 0.417 e. The van der Waals surface area contributed by atoms with Gasteiger partial charge in [0.15, 0.2) is 0 Å². The Bertz CT molecular complexity index is 1090. The van der Waals surface area contributed by atoms with Gasteiger partial charge in [0.1, 0.15) is 6.04 Å². The fraction of sp³-hybridized carbons (Fsp3) is 0.652. The highest BCUT2D eigenvalue weighted by atomic mass is 32.2. The summed E-state index contributed by atoms with van der Waals surface area (Å²) in [6, 6.07) is 4.62. The monoisotopic (exact) mass is 498 g/mol. The molecular weight excluding hydrogens is 469 g/mol. The summed E-state index contributed by atoms with van der Waals surface area (Å²) < 4.78 is 67.2. The second-order valence-electron chi connectivity index (χ2n) is 9.52. The van der Waals surface area contributed by atoms with Gasteiger partial charge in [0, 0.05) is 38.4 Å². The van der Waals surface area contributed by atoms with E-state index in [1.165, 1.54) is 16.4 Å². The Morgan fingerprint density at radius 1 is 1.18 bits per heavy atom. The van der Waals surface area contributed by atoms with E-state index in [1.54, 1.807) is 17.9 Å². The number of amides is 1. The van der Waals surface area contributed by atoms with Crippen LogP contribution in [0.4, 0.5) is 18.9 Å². The maximum absolute atomic E-state index is 13.4. The first-order valence-corrected chi connectivity index (χ1v) is 13.3. The van der Waals surface area contributed by atoms with Crippen molar-refractivity contribution in [1.82, 2.24) is 9.21 Å². The summed E-state index contributed by atoms with van der Waals surface area (Å²) in [7, 11) is -3.58. The summed E-state index contributed by atoms with van der Waals surface area (Å²) in [5.41, 5.74) is -1.35. The summed E-state index contributed by atoms with van der Waals surface area (Å²) in [5, 5.41) is 9.03. The summed E-state index contributed by atoms with van der Waals surface area (Å²) >= 11 is 0. The summed E-state index contributed by atoms with van der Waals surface area (Å²) in [5.74, 6) is -0.208. The molecule has 0 radical (unpaired) electrons. The van der Waals surface area contributed by atoms with E-state index in [0.29, 0.717) is 51.1 Å². The zero-order valence-corrected chi connectivity index (χ0v) is 20.0. The van der Waals surface area contributed by atoms with Gasteiger partial charge in [-0.25, -0.2) is 8.42 Å². The normalized spacial score (nSPS) is 23.4. The van der Waals surface area contributed by atoms with Crippen molar-refractivity contribution in [2.24, 2.45) is 5.41 Å². The number of alkyl halides is 3. The molecule has 0 N–H and O–H groups in total. The van der Waals surface area contributed by atoms with E-state index in [1.807, 2.05) is 4.90 Å². The molecule has 1 aromatic carbocycles. The molecule has 1 spiro atoms. The van der Waals surface area contributed by atoms with Crippen molar-refractivity contribution in [3.05, 3.63) is 29.3 Å². The van der Waals surface area contributed by atoms with Crippen LogP contribution in [0.2, 0.25) is 0 Å². The van der Waals surface area contributed by atoms with E-state index in [2.05, 4.69) is 0 Å². The molecule has 1 aromatic rings. The number of nitriles is 1. The lowest BCUT2D eigenvalue weighted by atomic mass is 9.76. The van der Waals surface area contributed by atoms with Gasteiger partial charge in [-0.3, -0.25) is 4.79 Å². The Morgan fingerprint density at radius 2 is 1.82 bits per heavy atom. The topological polar surface area (TPSA) is 84.7 Å². The predicted octanol–water partition coefficient (Wildman–Crippen LogP) is 3.21. The Hall–Kier alpha value is -2.32. The third kappa shape index (κ3) is 4.62. The van der Waals surface area contributed by atoms with Crippen LogP contribution in [0.3, 0.4) is 0 Å². The first-order chi connectivity index (χ1) is 16.0. The smallest absolute Gasteiger partial charge is 0.371 e. The number of carbonyl (C=O) groups excluding carboxylic acids is 1. The number of piperidine rings is 1. The molecule has 186 valence electrons. The highest BCUT2D eigenvalue weighted by Gasteiger charge is 2.52. The minimum absolute atomic E-state index is 0.0789. The molecule has 3 aliphatic heterocycles. The molecule has 3 saturated heterocycles. The molecule has 7 nitrogen and oxygen atoms in total. The minimum atomic E-state index is -4.62. The Kier molecular flexibility index (Phi) is 6.59. The molecule has 34 heavy (non-hydrogen) atoms. The summed E-state index contributed by atoms with van der Waals surface area (Å²) in [4.78, 5) is 16.8. The highest BCUT2D eigenvalue weighted by Crippen LogP contribution is 2.46. The van der Waals surface area contributed by atoms with Gasteiger partial charge in [-0.1, -0.05) is 0 Å². The SMILES string of the molecule is CCS(=O)(=O)N1CC2(CCN(c3ccc(C#N)c(C(F)(F)F)c3)CC2)CC1C(=O)N1CCCC1. The highest BCUT2D eigenvalue weighted by molar-refractivity contribution is 7.89. The second-order valence-corrected chi connectivity index (χ2v) is 11.7. The van der Waals surface area contributed by atoms with Gasteiger partial charge in [-0.05, 0) is 62.6 Å². The maximum atomic E-state index is 13.4. The number of hydrogen-bond donors (Lipinski definition) is 0. The number of halogens is 3. The minimum Gasteiger partial charge on any atom is -0.371 e. The van der Waals surface area contributed by atoms with E-state index >= 15 is 0 Å². The first-order valence-electron chi connectivity index (χ1n) is 11.6. The van der Waals surface area contributed by atoms with Crippen LogP contribution < -0.4 is 4.90 Å². The lowest BCUT2D eigenvalue weighted by Gasteiger charge is -2.40. The standard InChI is InChI=1S/C23H29F3N4O3S/c1-2-34(32,33)30-16-22(14-20(30)21(31)29-9-3-4-10-29)7-11-28(12-8-22)18-6-5-17(15-27)19(13-18)23(24,25)26/h5-6,13,20H,2-4,7-12,14,16H2,1H3. The van der Waals surface area contributed by atoms with Crippen LogP contribution in [-0.2, 0) is 21.0 Å². The molecule has 0 bridgehead atoms. The van der Waals surface area contributed by atoms with E-state index in [-0.39, 0.29) is 23.6 Å². The van der Waals surface area contributed by atoms with Crippen molar-refractivity contribution in [1.29, 1.82) is 5.26 Å². The number of rotatable bonds is 4. The van der Waals surface area contributed by atoms with Crippen molar-refractivity contribution < 1.29 is 26.4 Å². The van der Waals surface area contributed by atoms with E-state index in [4.69, 9.17) is 5.26 Å². The van der Waals surface area contributed by atoms with Crippen LogP contribution in [0.15, 0.2) is 18.2 Å². The third-order valence-corrected chi connectivity index (χ3v) is 9.34. The molecule has 1 amide bonds. The molecular formula is C23H29F3N4O3S. The number of likely N-dealkylation sites (tertiary alicyclic amines) is 1. The number of carbonyl (C=O) groups is 1. The predicted molar refractivity (Wildman–Crippen MR) is 120 cm³/mol. The zero-order chi connectivity index (χ0) is 24.7. The Balaban J connectivity index is 1.53. The van der Waals surface area contributed by atoms with Crippen molar-refractivity contribution in [3.63, 3.8) is 0 Å². The van der Waals surface area contributed by atoms with Gasteiger partial charge >= 0.3 is 6.18 Å². The molecule has 11 heteroatoms. The number of sulfonamides is 1. The lowest BCUT2D eigenvalue weighted by Crippen LogP contribution is -2.47. The maximum Gasteiger partial charge on any atom is 0.417 e. The number of nitrogens with zero attached hydrogens (tertiary/aromatic N) is 4. The van der Waals surface area contributed by atoms with Crippen LogP contribution in [0.25, 0.3) is 0 Å². The molecule has 0 saturated carbocycles.